The van der Waals surface area contributed by atoms with Crippen molar-refractivity contribution >= 4 is 0 Å². The van der Waals surface area contributed by atoms with Gasteiger partial charge < -0.3 is 5.11 Å². The molecule has 0 atom stereocenters. The van der Waals surface area contributed by atoms with Gasteiger partial charge in [0.05, 0.1) is 5.60 Å². The Morgan fingerprint density at radius 3 is 2.19 bits per heavy atom. The average Bonchev–Trinajstić information content (AvgIpc) is 2.31. The molecule has 1 aliphatic rings. The fourth-order valence-electron chi connectivity index (χ4n) is 2.82. The monoisotopic (exact) mass is 218 g/mol. The van der Waals surface area contributed by atoms with Gasteiger partial charge in [-0.2, -0.15) is 0 Å². The molecule has 88 valence electrons. The quantitative estimate of drug-likeness (QED) is 0.802. The van der Waals surface area contributed by atoms with Gasteiger partial charge in [-0.1, -0.05) is 44.2 Å². The van der Waals surface area contributed by atoms with E-state index in [0.717, 1.165) is 43.1 Å². The molecular formula is C15H22O. The molecule has 1 saturated carbocycles. The lowest BCUT2D eigenvalue weighted by Crippen LogP contribution is -2.32. The molecule has 0 saturated heterocycles. The molecule has 0 aromatic heterocycles. The molecule has 0 radical (unpaired) electrons. The Morgan fingerprint density at radius 2 is 1.69 bits per heavy atom. The van der Waals surface area contributed by atoms with E-state index < -0.39 is 5.60 Å². The summed E-state index contributed by atoms with van der Waals surface area (Å²) in [5.74, 6) is 1.55. The number of benzene rings is 1. The summed E-state index contributed by atoms with van der Waals surface area (Å²) in [6.45, 7) is 4.58. The molecule has 2 rings (SSSR count). The average molecular weight is 218 g/mol. The molecular weight excluding hydrogens is 196 g/mol. The second-order valence-electron chi connectivity index (χ2n) is 5.48. The summed E-state index contributed by atoms with van der Waals surface area (Å²) in [6, 6.07) is 10.1. The van der Waals surface area contributed by atoms with Gasteiger partial charge in [-0.3, -0.25) is 0 Å². The molecule has 1 aliphatic carbocycles. The lowest BCUT2D eigenvalue weighted by atomic mass is 9.72. The normalized spacial score (nSPS) is 30.6. The highest BCUT2D eigenvalue weighted by atomic mass is 16.3. The molecule has 1 aromatic rings. The molecule has 0 unspecified atom stereocenters. The van der Waals surface area contributed by atoms with Crippen LogP contribution >= 0.6 is 0 Å². The van der Waals surface area contributed by atoms with Crippen molar-refractivity contribution in [3.05, 3.63) is 35.9 Å². The summed E-state index contributed by atoms with van der Waals surface area (Å²) in [7, 11) is 0. The van der Waals surface area contributed by atoms with Crippen molar-refractivity contribution in [3.63, 3.8) is 0 Å². The van der Waals surface area contributed by atoms with Crippen molar-refractivity contribution in [3.8, 4) is 0 Å². The SMILES string of the molecule is CC(C)C1CCC(O)(c2ccccc2)CC1. The van der Waals surface area contributed by atoms with Crippen LogP contribution in [-0.2, 0) is 5.60 Å². The maximum Gasteiger partial charge on any atom is 0.0896 e. The van der Waals surface area contributed by atoms with Crippen molar-refractivity contribution in [2.75, 3.05) is 0 Å². The van der Waals surface area contributed by atoms with Crippen molar-refractivity contribution in [1.82, 2.24) is 0 Å². The van der Waals surface area contributed by atoms with Gasteiger partial charge >= 0.3 is 0 Å². The maximum atomic E-state index is 10.6. The van der Waals surface area contributed by atoms with Crippen molar-refractivity contribution in [2.45, 2.75) is 45.1 Å². The minimum Gasteiger partial charge on any atom is -0.385 e. The van der Waals surface area contributed by atoms with Gasteiger partial charge in [0.15, 0.2) is 0 Å². The first-order valence-electron chi connectivity index (χ1n) is 6.40. The third-order valence-corrected chi connectivity index (χ3v) is 4.11. The minimum atomic E-state index is -0.563. The zero-order valence-electron chi connectivity index (χ0n) is 10.3. The van der Waals surface area contributed by atoms with E-state index in [-0.39, 0.29) is 0 Å². The van der Waals surface area contributed by atoms with Gasteiger partial charge in [-0.15, -0.1) is 0 Å². The molecule has 1 aromatic carbocycles. The summed E-state index contributed by atoms with van der Waals surface area (Å²) < 4.78 is 0. The van der Waals surface area contributed by atoms with E-state index in [1.165, 1.54) is 0 Å². The standard InChI is InChI=1S/C15H22O/c1-12(2)13-8-10-15(16,11-9-13)14-6-4-3-5-7-14/h3-7,12-13,16H,8-11H2,1-2H3. The molecule has 0 heterocycles. The van der Waals surface area contributed by atoms with E-state index in [0.29, 0.717) is 0 Å². The van der Waals surface area contributed by atoms with E-state index in [1.807, 2.05) is 18.2 Å². The highest BCUT2D eigenvalue weighted by molar-refractivity contribution is 5.22. The predicted molar refractivity (Wildman–Crippen MR) is 67.1 cm³/mol. The van der Waals surface area contributed by atoms with Gasteiger partial charge in [0.2, 0.25) is 0 Å². The smallest absolute Gasteiger partial charge is 0.0896 e. The van der Waals surface area contributed by atoms with Crippen LogP contribution in [0.25, 0.3) is 0 Å². The molecule has 16 heavy (non-hydrogen) atoms. The molecule has 0 bridgehead atoms. The van der Waals surface area contributed by atoms with Crippen LogP contribution in [0.15, 0.2) is 30.3 Å². The first-order valence-corrected chi connectivity index (χ1v) is 6.40. The number of hydrogen-bond donors (Lipinski definition) is 1. The van der Waals surface area contributed by atoms with Crippen LogP contribution in [0.1, 0.15) is 45.1 Å². The van der Waals surface area contributed by atoms with E-state index in [9.17, 15) is 5.11 Å². The van der Waals surface area contributed by atoms with Crippen molar-refractivity contribution < 1.29 is 5.11 Å². The number of aliphatic hydroxyl groups is 1. The zero-order valence-corrected chi connectivity index (χ0v) is 10.3. The third kappa shape index (κ3) is 2.30. The van der Waals surface area contributed by atoms with Crippen LogP contribution in [0.4, 0.5) is 0 Å². The Balaban J connectivity index is 2.07. The molecule has 0 spiro atoms. The van der Waals surface area contributed by atoms with Gasteiger partial charge in [-0.05, 0) is 43.1 Å². The summed E-state index contributed by atoms with van der Waals surface area (Å²) in [5, 5.41) is 10.6. The van der Waals surface area contributed by atoms with Gasteiger partial charge in [0, 0.05) is 0 Å². The highest BCUT2D eigenvalue weighted by Crippen LogP contribution is 2.41. The van der Waals surface area contributed by atoms with Crippen molar-refractivity contribution in [2.24, 2.45) is 11.8 Å². The van der Waals surface area contributed by atoms with E-state index in [2.05, 4.69) is 26.0 Å². The Bertz CT molecular complexity index is 321. The fraction of sp³-hybridized carbons (Fsp3) is 0.600. The van der Waals surface area contributed by atoms with E-state index in [1.54, 1.807) is 0 Å². The van der Waals surface area contributed by atoms with Crippen LogP contribution in [0.3, 0.4) is 0 Å². The Kier molecular flexibility index (Phi) is 3.34. The largest absolute Gasteiger partial charge is 0.385 e. The zero-order chi connectivity index (χ0) is 11.6. The van der Waals surface area contributed by atoms with Crippen LogP contribution in [0.5, 0.6) is 0 Å². The molecule has 1 heteroatoms. The summed E-state index contributed by atoms with van der Waals surface area (Å²) in [6.07, 6.45) is 4.14. The van der Waals surface area contributed by atoms with E-state index in [4.69, 9.17) is 0 Å². The molecule has 1 fully saturated rings. The number of hydrogen-bond acceptors (Lipinski definition) is 1. The fourth-order valence-corrected chi connectivity index (χ4v) is 2.82. The lowest BCUT2D eigenvalue weighted by molar-refractivity contribution is -0.0199. The van der Waals surface area contributed by atoms with Crippen LogP contribution < -0.4 is 0 Å². The third-order valence-electron chi connectivity index (χ3n) is 4.11. The topological polar surface area (TPSA) is 20.2 Å². The second-order valence-corrected chi connectivity index (χ2v) is 5.48. The van der Waals surface area contributed by atoms with Crippen molar-refractivity contribution in [1.29, 1.82) is 0 Å². The molecule has 1 nitrogen and oxygen atoms in total. The van der Waals surface area contributed by atoms with Gasteiger partial charge in [0.1, 0.15) is 0 Å². The summed E-state index contributed by atoms with van der Waals surface area (Å²) >= 11 is 0. The molecule has 1 N–H and O–H groups in total. The lowest BCUT2D eigenvalue weighted by Gasteiger charge is -2.37. The van der Waals surface area contributed by atoms with E-state index >= 15 is 0 Å². The highest BCUT2D eigenvalue weighted by Gasteiger charge is 2.35. The maximum absolute atomic E-state index is 10.6. The van der Waals surface area contributed by atoms with Crippen LogP contribution in [0.2, 0.25) is 0 Å². The van der Waals surface area contributed by atoms with Crippen LogP contribution in [0, 0.1) is 11.8 Å². The Labute approximate surface area is 98.5 Å². The molecule has 0 aliphatic heterocycles. The minimum absolute atomic E-state index is 0.563. The first-order chi connectivity index (χ1) is 7.62. The Morgan fingerprint density at radius 1 is 1.12 bits per heavy atom. The van der Waals surface area contributed by atoms with Gasteiger partial charge in [0.25, 0.3) is 0 Å². The first kappa shape index (κ1) is 11.7. The Hall–Kier alpha value is -0.820. The van der Waals surface area contributed by atoms with Gasteiger partial charge in [-0.25, -0.2) is 0 Å². The predicted octanol–water partition coefficient (Wildman–Crippen LogP) is 3.72. The summed E-state index contributed by atoms with van der Waals surface area (Å²) in [5.41, 5.74) is 0.532. The number of rotatable bonds is 2. The summed E-state index contributed by atoms with van der Waals surface area (Å²) in [4.78, 5) is 0. The van der Waals surface area contributed by atoms with Crippen LogP contribution in [-0.4, -0.2) is 5.11 Å². The second kappa shape index (κ2) is 4.58. The molecule has 0 amide bonds.